The number of carboxylic acids is 1. The molecule has 2 aliphatic carbocycles. The lowest BCUT2D eigenvalue weighted by molar-refractivity contribution is -0.145. The molecule has 1 N–H and O–H groups in total. The molecule has 5 heteroatoms. The molecule has 1 amide bonds. The van der Waals surface area contributed by atoms with E-state index in [0.717, 1.165) is 36.8 Å². The molecular weight excluding hydrogens is 378 g/mol. The minimum absolute atomic E-state index is 0.0308. The molecule has 1 fully saturated rings. The number of fused-ring (bicyclic) bond motifs is 3. The molecule has 0 bridgehead atoms. The van der Waals surface area contributed by atoms with Crippen molar-refractivity contribution >= 4 is 12.1 Å². The third-order valence-corrected chi connectivity index (χ3v) is 6.72. The van der Waals surface area contributed by atoms with Crippen molar-refractivity contribution in [2.45, 2.75) is 44.6 Å². The van der Waals surface area contributed by atoms with Gasteiger partial charge in [-0.3, -0.25) is 4.90 Å². The summed E-state index contributed by atoms with van der Waals surface area (Å²) < 4.78 is 5.67. The van der Waals surface area contributed by atoms with Gasteiger partial charge in [-0.1, -0.05) is 68.3 Å². The zero-order valence-corrected chi connectivity index (χ0v) is 17.6. The van der Waals surface area contributed by atoms with Gasteiger partial charge in [0.25, 0.3) is 0 Å². The molecule has 1 saturated carbocycles. The van der Waals surface area contributed by atoms with Crippen LogP contribution in [0.4, 0.5) is 4.79 Å². The molecule has 0 saturated heterocycles. The Morgan fingerprint density at radius 3 is 2.23 bits per heavy atom. The van der Waals surface area contributed by atoms with Crippen molar-refractivity contribution in [3.8, 4) is 11.1 Å². The number of benzene rings is 2. The minimum Gasteiger partial charge on any atom is -0.480 e. The Kier molecular flexibility index (Phi) is 5.80. The lowest BCUT2D eigenvalue weighted by Gasteiger charge is -2.35. The van der Waals surface area contributed by atoms with Gasteiger partial charge in [-0.25, -0.2) is 9.59 Å². The summed E-state index contributed by atoms with van der Waals surface area (Å²) in [5.74, 6) is -0.531. The predicted molar refractivity (Wildman–Crippen MR) is 115 cm³/mol. The highest BCUT2D eigenvalue weighted by Crippen LogP contribution is 2.44. The van der Waals surface area contributed by atoms with Crippen molar-refractivity contribution in [1.82, 2.24) is 4.90 Å². The molecular formula is C25H29NO4. The smallest absolute Gasteiger partial charge is 0.410 e. The van der Waals surface area contributed by atoms with E-state index >= 15 is 0 Å². The standard InChI is InChI=1S/C25H29NO4/c1-16-8-7-9-17(14-16)23(24(27)28)26(2)25(29)30-15-22-20-12-5-3-10-18(20)19-11-4-6-13-21(19)22/h3-6,10-13,16-17,22-23H,7-9,14-15H2,1-2H3,(H,27,28). The molecule has 3 unspecified atom stereocenters. The third kappa shape index (κ3) is 3.81. The Balaban J connectivity index is 1.48. The number of hydrogen-bond acceptors (Lipinski definition) is 3. The van der Waals surface area contributed by atoms with Gasteiger partial charge in [0.1, 0.15) is 12.6 Å². The number of hydrogen-bond donors (Lipinski definition) is 1. The van der Waals surface area contributed by atoms with E-state index in [1.165, 1.54) is 16.0 Å². The third-order valence-electron chi connectivity index (χ3n) is 6.72. The number of amides is 1. The van der Waals surface area contributed by atoms with Crippen LogP contribution in [-0.4, -0.2) is 41.8 Å². The van der Waals surface area contributed by atoms with Crippen LogP contribution in [0.1, 0.15) is 49.7 Å². The molecule has 5 nitrogen and oxygen atoms in total. The Labute approximate surface area is 177 Å². The summed E-state index contributed by atoms with van der Waals surface area (Å²) >= 11 is 0. The van der Waals surface area contributed by atoms with Gasteiger partial charge in [0.15, 0.2) is 0 Å². The zero-order chi connectivity index (χ0) is 21.3. The van der Waals surface area contributed by atoms with Gasteiger partial charge >= 0.3 is 12.1 Å². The van der Waals surface area contributed by atoms with Crippen molar-refractivity contribution < 1.29 is 19.4 Å². The minimum atomic E-state index is -0.954. The predicted octanol–water partition coefficient (Wildman–Crippen LogP) is 5.15. The van der Waals surface area contributed by atoms with E-state index in [9.17, 15) is 14.7 Å². The highest BCUT2D eigenvalue weighted by Gasteiger charge is 2.38. The monoisotopic (exact) mass is 407 g/mol. The van der Waals surface area contributed by atoms with Gasteiger partial charge in [0.2, 0.25) is 0 Å². The SMILES string of the molecule is CC1CCCC(C(C(=O)O)N(C)C(=O)OCC2c3ccccc3-c3ccccc32)C1. The van der Waals surface area contributed by atoms with E-state index in [4.69, 9.17) is 4.74 Å². The van der Waals surface area contributed by atoms with Crippen LogP contribution in [0.25, 0.3) is 11.1 Å². The fourth-order valence-electron chi connectivity index (χ4n) is 5.26. The second-order valence-electron chi connectivity index (χ2n) is 8.73. The normalized spacial score (nSPS) is 21.4. The van der Waals surface area contributed by atoms with Crippen molar-refractivity contribution in [1.29, 1.82) is 0 Å². The number of aliphatic carboxylic acids is 1. The van der Waals surface area contributed by atoms with E-state index < -0.39 is 18.1 Å². The van der Waals surface area contributed by atoms with Crippen molar-refractivity contribution in [3.63, 3.8) is 0 Å². The van der Waals surface area contributed by atoms with E-state index in [2.05, 4.69) is 31.2 Å². The molecule has 0 spiro atoms. The summed E-state index contributed by atoms with van der Waals surface area (Å²) in [7, 11) is 1.55. The van der Waals surface area contributed by atoms with Crippen LogP contribution in [0.3, 0.4) is 0 Å². The van der Waals surface area contributed by atoms with E-state index in [0.29, 0.717) is 5.92 Å². The average Bonchev–Trinajstić information content (AvgIpc) is 3.06. The van der Waals surface area contributed by atoms with Crippen LogP contribution < -0.4 is 0 Å². The summed E-state index contributed by atoms with van der Waals surface area (Å²) in [5, 5.41) is 9.82. The average molecular weight is 408 g/mol. The van der Waals surface area contributed by atoms with E-state index in [-0.39, 0.29) is 18.4 Å². The molecule has 3 atom stereocenters. The number of ether oxygens (including phenoxy) is 1. The summed E-state index contributed by atoms with van der Waals surface area (Å²) in [6.45, 7) is 2.35. The summed E-state index contributed by atoms with van der Waals surface area (Å²) in [6, 6.07) is 15.5. The molecule has 4 rings (SSSR count). The van der Waals surface area contributed by atoms with E-state index in [1.54, 1.807) is 7.05 Å². The molecule has 2 aromatic carbocycles. The first-order valence-electron chi connectivity index (χ1n) is 10.8. The summed E-state index contributed by atoms with van der Waals surface area (Å²) in [4.78, 5) is 26.1. The Morgan fingerprint density at radius 1 is 1.07 bits per heavy atom. The van der Waals surface area contributed by atoms with Crippen LogP contribution in [0.2, 0.25) is 0 Å². The van der Waals surface area contributed by atoms with Crippen molar-refractivity contribution in [3.05, 3.63) is 59.7 Å². The van der Waals surface area contributed by atoms with Gasteiger partial charge < -0.3 is 9.84 Å². The lowest BCUT2D eigenvalue weighted by atomic mass is 9.78. The maximum Gasteiger partial charge on any atom is 0.410 e. The molecule has 0 aromatic heterocycles. The fraction of sp³-hybridized carbons (Fsp3) is 0.440. The zero-order valence-electron chi connectivity index (χ0n) is 17.6. The number of carboxylic acid groups (broad SMARTS) is 1. The van der Waals surface area contributed by atoms with Gasteiger partial charge in [-0.15, -0.1) is 0 Å². The topological polar surface area (TPSA) is 66.8 Å². The van der Waals surface area contributed by atoms with Crippen LogP contribution >= 0.6 is 0 Å². The number of carbonyl (C=O) groups excluding carboxylic acids is 1. The summed E-state index contributed by atoms with van der Waals surface area (Å²) in [6.07, 6.45) is 3.23. The molecule has 2 aromatic rings. The highest BCUT2D eigenvalue weighted by atomic mass is 16.6. The number of likely N-dealkylation sites (N-methyl/N-ethyl adjacent to an activating group) is 1. The molecule has 158 valence electrons. The Bertz CT molecular complexity index is 895. The van der Waals surface area contributed by atoms with Crippen LogP contribution in [0, 0.1) is 11.8 Å². The molecule has 0 aliphatic heterocycles. The molecule has 0 heterocycles. The first-order valence-corrected chi connectivity index (χ1v) is 10.8. The maximum atomic E-state index is 12.8. The second-order valence-corrected chi connectivity index (χ2v) is 8.73. The first-order chi connectivity index (χ1) is 14.5. The van der Waals surface area contributed by atoms with Crippen molar-refractivity contribution in [2.75, 3.05) is 13.7 Å². The summed E-state index contributed by atoms with van der Waals surface area (Å²) in [5.41, 5.74) is 4.62. The largest absolute Gasteiger partial charge is 0.480 e. The second kappa shape index (κ2) is 8.50. The quantitative estimate of drug-likeness (QED) is 0.745. The van der Waals surface area contributed by atoms with Crippen molar-refractivity contribution in [2.24, 2.45) is 11.8 Å². The Hall–Kier alpha value is -2.82. The molecule has 0 radical (unpaired) electrons. The maximum absolute atomic E-state index is 12.8. The van der Waals surface area contributed by atoms with Gasteiger partial charge in [-0.2, -0.15) is 0 Å². The van der Waals surface area contributed by atoms with Crippen LogP contribution in [-0.2, 0) is 9.53 Å². The molecule has 2 aliphatic rings. The Morgan fingerprint density at radius 2 is 1.67 bits per heavy atom. The molecule has 30 heavy (non-hydrogen) atoms. The van der Waals surface area contributed by atoms with Crippen LogP contribution in [0.15, 0.2) is 48.5 Å². The fourth-order valence-corrected chi connectivity index (χ4v) is 5.26. The number of carbonyl (C=O) groups is 2. The first kappa shape index (κ1) is 20.5. The van der Waals surface area contributed by atoms with Gasteiger partial charge in [-0.05, 0) is 46.9 Å². The number of nitrogens with zero attached hydrogens (tertiary/aromatic N) is 1. The number of rotatable bonds is 5. The van der Waals surface area contributed by atoms with Crippen LogP contribution in [0.5, 0.6) is 0 Å². The lowest BCUT2D eigenvalue weighted by Crippen LogP contribution is -2.48. The highest BCUT2D eigenvalue weighted by molar-refractivity contribution is 5.81. The van der Waals surface area contributed by atoms with Gasteiger partial charge in [0, 0.05) is 13.0 Å². The van der Waals surface area contributed by atoms with Gasteiger partial charge in [0.05, 0.1) is 0 Å². The van der Waals surface area contributed by atoms with E-state index in [1.807, 2.05) is 24.3 Å².